The van der Waals surface area contributed by atoms with E-state index in [1.54, 1.807) is 6.92 Å². The molecular formula is C15H16F3N3O2. The third-order valence-electron chi connectivity index (χ3n) is 3.69. The first-order chi connectivity index (χ1) is 10.9. The zero-order chi connectivity index (χ0) is 16.4. The van der Waals surface area contributed by atoms with Gasteiger partial charge in [0.15, 0.2) is 0 Å². The molecule has 0 saturated carbocycles. The molecule has 23 heavy (non-hydrogen) atoms. The van der Waals surface area contributed by atoms with E-state index < -0.39 is 11.7 Å². The molecule has 2 heterocycles. The van der Waals surface area contributed by atoms with Gasteiger partial charge in [-0.25, -0.2) is 0 Å². The van der Waals surface area contributed by atoms with Crippen LogP contribution < -0.4 is 0 Å². The molecule has 0 unspecified atom stereocenters. The smallest absolute Gasteiger partial charge is 0.416 e. The Morgan fingerprint density at radius 3 is 2.57 bits per heavy atom. The molecule has 2 aromatic rings. The van der Waals surface area contributed by atoms with Crippen molar-refractivity contribution >= 4 is 0 Å². The second-order valence-electron chi connectivity index (χ2n) is 5.43. The maximum Gasteiger partial charge on any atom is 0.416 e. The summed E-state index contributed by atoms with van der Waals surface area (Å²) in [6, 6.07) is 5.10. The molecule has 0 radical (unpaired) electrons. The van der Waals surface area contributed by atoms with Crippen molar-refractivity contribution in [3.63, 3.8) is 0 Å². The Labute approximate surface area is 131 Å². The normalized spacial score (nSPS) is 19.9. The van der Waals surface area contributed by atoms with Crippen LogP contribution in [0.4, 0.5) is 13.2 Å². The van der Waals surface area contributed by atoms with E-state index in [0.29, 0.717) is 38.0 Å². The standard InChI is InChI=1S/C15H16F3N3O2/c1-10-19-20-14(23-10)9-21-6-7-22-13(8-21)11-2-4-12(5-3-11)15(16,17)18/h2-5,13H,6-9H2,1H3/t13-/m0/s1. The van der Waals surface area contributed by atoms with E-state index in [-0.39, 0.29) is 6.10 Å². The van der Waals surface area contributed by atoms with Gasteiger partial charge in [0.05, 0.1) is 24.8 Å². The molecular weight excluding hydrogens is 311 g/mol. The van der Waals surface area contributed by atoms with Crippen LogP contribution in [0.2, 0.25) is 0 Å². The Kier molecular flexibility index (Phi) is 4.36. The van der Waals surface area contributed by atoms with Crippen molar-refractivity contribution in [3.8, 4) is 0 Å². The summed E-state index contributed by atoms with van der Waals surface area (Å²) in [5, 5.41) is 7.73. The molecule has 3 rings (SSSR count). The van der Waals surface area contributed by atoms with E-state index >= 15 is 0 Å². The minimum atomic E-state index is -4.33. The predicted octanol–water partition coefficient (Wildman–Crippen LogP) is 2.97. The lowest BCUT2D eigenvalue weighted by molar-refractivity contribution is -0.137. The maximum atomic E-state index is 12.6. The Hall–Kier alpha value is -1.93. The third kappa shape index (κ3) is 3.89. The van der Waals surface area contributed by atoms with Gasteiger partial charge in [0.2, 0.25) is 11.8 Å². The molecule has 1 aromatic carbocycles. The predicted molar refractivity (Wildman–Crippen MR) is 74.4 cm³/mol. The molecule has 0 bridgehead atoms. The van der Waals surface area contributed by atoms with Crippen molar-refractivity contribution in [2.45, 2.75) is 25.7 Å². The fourth-order valence-corrected chi connectivity index (χ4v) is 2.53. The number of rotatable bonds is 3. The van der Waals surface area contributed by atoms with Gasteiger partial charge in [-0.2, -0.15) is 13.2 Å². The van der Waals surface area contributed by atoms with Gasteiger partial charge in [0, 0.05) is 20.0 Å². The van der Waals surface area contributed by atoms with Crippen molar-refractivity contribution in [1.29, 1.82) is 0 Å². The summed E-state index contributed by atoms with van der Waals surface area (Å²) in [6.07, 6.45) is -4.59. The average molecular weight is 327 g/mol. The van der Waals surface area contributed by atoms with Gasteiger partial charge in [-0.05, 0) is 17.7 Å². The number of ether oxygens (including phenoxy) is 1. The highest BCUT2D eigenvalue weighted by molar-refractivity contribution is 5.26. The molecule has 124 valence electrons. The van der Waals surface area contributed by atoms with E-state index in [4.69, 9.17) is 9.15 Å². The lowest BCUT2D eigenvalue weighted by Crippen LogP contribution is -2.37. The number of hydrogen-bond donors (Lipinski definition) is 0. The number of morpholine rings is 1. The van der Waals surface area contributed by atoms with Gasteiger partial charge in [-0.3, -0.25) is 4.90 Å². The molecule has 0 spiro atoms. The van der Waals surface area contributed by atoms with E-state index in [9.17, 15) is 13.2 Å². The highest BCUT2D eigenvalue weighted by atomic mass is 19.4. The van der Waals surface area contributed by atoms with Gasteiger partial charge < -0.3 is 9.15 Å². The first kappa shape index (κ1) is 15.9. The van der Waals surface area contributed by atoms with Gasteiger partial charge in [-0.15, -0.1) is 10.2 Å². The number of benzene rings is 1. The van der Waals surface area contributed by atoms with E-state index in [0.717, 1.165) is 17.7 Å². The first-order valence-electron chi connectivity index (χ1n) is 7.22. The molecule has 1 aliphatic rings. The van der Waals surface area contributed by atoms with Gasteiger partial charge in [-0.1, -0.05) is 12.1 Å². The zero-order valence-corrected chi connectivity index (χ0v) is 12.5. The Bertz CT molecular complexity index is 655. The fourth-order valence-electron chi connectivity index (χ4n) is 2.53. The van der Waals surface area contributed by atoms with Crippen molar-refractivity contribution in [1.82, 2.24) is 15.1 Å². The minimum absolute atomic E-state index is 0.268. The monoisotopic (exact) mass is 327 g/mol. The van der Waals surface area contributed by atoms with Gasteiger partial charge in [0.1, 0.15) is 0 Å². The Balaban J connectivity index is 1.66. The largest absolute Gasteiger partial charge is 0.424 e. The molecule has 1 aromatic heterocycles. The van der Waals surface area contributed by atoms with Crippen LogP contribution in [0.5, 0.6) is 0 Å². The quantitative estimate of drug-likeness (QED) is 0.867. The lowest BCUT2D eigenvalue weighted by atomic mass is 10.1. The van der Waals surface area contributed by atoms with Crippen molar-refractivity contribution in [3.05, 3.63) is 47.2 Å². The lowest BCUT2D eigenvalue weighted by Gasteiger charge is -2.32. The minimum Gasteiger partial charge on any atom is -0.424 e. The van der Waals surface area contributed by atoms with Crippen LogP contribution in [-0.2, 0) is 17.5 Å². The molecule has 8 heteroatoms. The number of aryl methyl sites for hydroxylation is 1. The number of aromatic nitrogens is 2. The Morgan fingerprint density at radius 2 is 1.96 bits per heavy atom. The summed E-state index contributed by atoms with van der Waals surface area (Å²) in [5.74, 6) is 1.03. The summed E-state index contributed by atoms with van der Waals surface area (Å²) < 4.78 is 48.8. The van der Waals surface area contributed by atoms with E-state index in [2.05, 4.69) is 15.1 Å². The van der Waals surface area contributed by atoms with E-state index in [1.807, 2.05) is 0 Å². The van der Waals surface area contributed by atoms with Crippen molar-refractivity contribution in [2.24, 2.45) is 0 Å². The highest BCUT2D eigenvalue weighted by Crippen LogP contribution is 2.31. The number of alkyl halides is 3. The second kappa shape index (κ2) is 6.29. The second-order valence-corrected chi connectivity index (χ2v) is 5.43. The summed E-state index contributed by atoms with van der Waals surface area (Å²) in [5.41, 5.74) is 0.0691. The number of hydrogen-bond acceptors (Lipinski definition) is 5. The molecule has 1 atom stereocenters. The third-order valence-corrected chi connectivity index (χ3v) is 3.69. The molecule has 0 N–H and O–H groups in total. The van der Waals surface area contributed by atoms with Crippen LogP contribution in [0, 0.1) is 6.92 Å². The summed E-state index contributed by atoms with van der Waals surface area (Å²) >= 11 is 0. The van der Waals surface area contributed by atoms with Crippen molar-refractivity contribution < 1.29 is 22.3 Å². The topological polar surface area (TPSA) is 51.4 Å². The maximum absolute atomic E-state index is 12.6. The van der Waals surface area contributed by atoms with E-state index in [1.165, 1.54) is 12.1 Å². The summed E-state index contributed by atoms with van der Waals surface area (Å²) in [7, 11) is 0. The zero-order valence-electron chi connectivity index (χ0n) is 12.5. The number of nitrogens with zero attached hydrogens (tertiary/aromatic N) is 3. The fraction of sp³-hybridized carbons (Fsp3) is 0.467. The molecule has 0 aliphatic carbocycles. The summed E-state index contributed by atoms with van der Waals surface area (Å²) in [6.45, 7) is 3.99. The first-order valence-corrected chi connectivity index (χ1v) is 7.22. The molecule has 1 aliphatic heterocycles. The molecule has 0 amide bonds. The summed E-state index contributed by atoms with van der Waals surface area (Å²) in [4.78, 5) is 2.08. The molecule has 1 saturated heterocycles. The van der Waals surface area contributed by atoms with Crippen LogP contribution in [0.25, 0.3) is 0 Å². The van der Waals surface area contributed by atoms with Gasteiger partial charge >= 0.3 is 6.18 Å². The SMILES string of the molecule is Cc1nnc(CN2CCO[C@H](c3ccc(C(F)(F)F)cc3)C2)o1. The van der Waals surface area contributed by atoms with Gasteiger partial charge in [0.25, 0.3) is 0 Å². The average Bonchev–Trinajstić information content (AvgIpc) is 2.92. The van der Waals surface area contributed by atoms with Crippen LogP contribution >= 0.6 is 0 Å². The molecule has 1 fully saturated rings. The highest BCUT2D eigenvalue weighted by Gasteiger charge is 2.31. The van der Waals surface area contributed by atoms with Crippen LogP contribution in [0.3, 0.4) is 0 Å². The molecule has 5 nitrogen and oxygen atoms in total. The van der Waals surface area contributed by atoms with Crippen LogP contribution in [0.15, 0.2) is 28.7 Å². The van der Waals surface area contributed by atoms with Crippen LogP contribution in [0.1, 0.15) is 29.0 Å². The van der Waals surface area contributed by atoms with Crippen LogP contribution in [-0.4, -0.2) is 34.8 Å². The van der Waals surface area contributed by atoms with Crippen molar-refractivity contribution in [2.75, 3.05) is 19.7 Å². The Morgan fingerprint density at radius 1 is 1.22 bits per heavy atom. The number of halogens is 3.